The molecule has 1 aromatic heterocycles. The van der Waals surface area contributed by atoms with E-state index in [4.69, 9.17) is 19.2 Å². The van der Waals surface area contributed by atoms with Crippen LogP contribution in [0.1, 0.15) is 5.69 Å². The smallest absolute Gasteiger partial charge is 0.145 e. The lowest BCUT2D eigenvalue weighted by molar-refractivity contribution is 0.414. The Morgan fingerprint density at radius 2 is 1.03 bits per heavy atom. The van der Waals surface area contributed by atoms with Crippen LogP contribution in [0.15, 0.2) is 72.8 Å². The molecule has 4 rings (SSSR count). The lowest BCUT2D eigenvalue weighted by Gasteiger charge is -2.12. The van der Waals surface area contributed by atoms with Crippen molar-refractivity contribution < 1.29 is 14.2 Å². The summed E-state index contributed by atoms with van der Waals surface area (Å²) < 4.78 is 18.1. The van der Waals surface area contributed by atoms with E-state index in [0.717, 1.165) is 51.3 Å². The molecule has 0 bridgehead atoms. The van der Waals surface area contributed by atoms with Gasteiger partial charge in [0.1, 0.15) is 23.1 Å². The zero-order valence-corrected chi connectivity index (χ0v) is 17.5. The Bertz CT molecular complexity index is 1130. The van der Waals surface area contributed by atoms with Gasteiger partial charge in [-0.05, 0) is 79.7 Å². The number of ether oxygens (including phenoxy) is 3. The highest BCUT2D eigenvalue weighted by atomic mass is 16.5. The van der Waals surface area contributed by atoms with Crippen molar-refractivity contribution in [3.05, 3.63) is 78.5 Å². The topological polar surface area (TPSA) is 45.5 Å². The van der Waals surface area contributed by atoms with E-state index >= 15 is 0 Å². The van der Waals surface area contributed by atoms with E-state index in [9.17, 15) is 0 Å². The van der Waals surface area contributed by atoms with Gasteiger partial charge in [0, 0.05) is 22.5 Å². The molecule has 152 valence electrons. The average molecular weight is 400 g/mol. The van der Waals surface area contributed by atoms with Gasteiger partial charge in [0.25, 0.3) is 0 Å². The molecule has 0 aliphatic rings. The Morgan fingerprint density at radius 1 is 0.600 bits per heavy atom. The Labute approximate surface area is 176 Å². The van der Waals surface area contributed by atoms with Crippen molar-refractivity contribution in [3.8, 4) is 45.6 Å². The molecular weight excluding hydrogens is 376 g/mol. The normalized spacial score (nSPS) is 10.7. The number of hydrogen-bond acceptors (Lipinski definition) is 4. The molecule has 0 radical (unpaired) electrons. The van der Waals surface area contributed by atoms with E-state index in [0.29, 0.717) is 0 Å². The van der Waals surface area contributed by atoms with Gasteiger partial charge in [0.05, 0.1) is 27.0 Å². The fourth-order valence-electron chi connectivity index (χ4n) is 3.50. The van der Waals surface area contributed by atoms with E-state index < -0.39 is 0 Å². The van der Waals surface area contributed by atoms with Gasteiger partial charge < -0.3 is 14.2 Å². The number of hydrogen-bond donors (Lipinski definition) is 0. The summed E-state index contributed by atoms with van der Waals surface area (Å²) in [6.07, 6.45) is 0. The highest BCUT2D eigenvalue weighted by Gasteiger charge is 2.18. The van der Waals surface area contributed by atoms with Crippen molar-refractivity contribution in [1.29, 1.82) is 0 Å². The largest absolute Gasteiger partial charge is 0.497 e. The highest BCUT2D eigenvalue weighted by molar-refractivity contribution is 5.71. The number of imidazole rings is 1. The summed E-state index contributed by atoms with van der Waals surface area (Å²) in [5, 5.41) is 0. The van der Waals surface area contributed by atoms with Crippen molar-refractivity contribution in [1.82, 2.24) is 9.55 Å². The van der Waals surface area contributed by atoms with Crippen LogP contribution in [0.25, 0.3) is 28.3 Å². The van der Waals surface area contributed by atoms with Crippen LogP contribution in [0.4, 0.5) is 0 Å². The van der Waals surface area contributed by atoms with Gasteiger partial charge in [-0.15, -0.1) is 0 Å². The molecule has 0 saturated carbocycles. The first-order valence-electron chi connectivity index (χ1n) is 9.67. The molecule has 5 nitrogen and oxygen atoms in total. The molecule has 0 aliphatic carbocycles. The summed E-state index contributed by atoms with van der Waals surface area (Å²) in [7, 11) is 5.00. The molecule has 0 fully saturated rings. The molecule has 0 N–H and O–H groups in total. The Balaban J connectivity index is 1.89. The molecule has 3 aromatic carbocycles. The number of rotatable bonds is 6. The third kappa shape index (κ3) is 3.62. The Kier molecular flexibility index (Phi) is 5.44. The first kappa shape index (κ1) is 19.6. The Morgan fingerprint density at radius 3 is 1.50 bits per heavy atom. The monoisotopic (exact) mass is 400 g/mol. The number of benzene rings is 3. The van der Waals surface area contributed by atoms with E-state index in [1.54, 1.807) is 21.3 Å². The van der Waals surface area contributed by atoms with Crippen molar-refractivity contribution >= 4 is 0 Å². The number of nitrogens with zero attached hydrogens (tertiary/aromatic N) is 2. The van der Waals surface area contributed by atoms with Crippen LogP contribution in [0, 0.1) is 6.92 Å². The summed E-state index contributed by atoms with van der Waals surface area (Å²) in [6, 6.07) is 23.9. The van der Waals surface area contributed by atoms with Crippen LogP contribution in [0.5, 0.6) is 17.2 Å². The standard InChI is InChI=1S/C25H24N2O3/c1-17-24(18-5-11-21(28-2)12-6-18)26-25(19-7-13-22(29-3)14-8-19)27(17)20-9-15-23(30-4)16-10-20/h5-16H,1-4H3. The second-order valence-corrected chi connectivity index (χ2v) is 6.86. The summed E-state index contributed by atoms with van der Waals surface area (Å²) >= 11 is 0. The van der Waals surface area contributed by atoms with Crippen molar-refractivity contribution in [3.63, 3.8) is 0 Å². The van der Waals surface area contributed by atoms with Crippen molar-refractivity contribution in [2.24, 2.45) is 0 Å². The SMILES string of the molecule is COc1ccc(-c2nc(-c3ccc(OC)cc3)n(-c3ccc(OC)cc3)c2C)cc1. The van der Waals surface area contributed by atoms with Crippen LogP contribution < -0.4 is 14.2 Å². The summed E-state index contributed by atoms with van der Waals surface area (Å²) in [6.45, 7) is 2.09. The maximum absolute atomic E-state index is 5.32. The third-order valence-corrected chi connectivity index (χ3v) is 5.15. The first-order valence-corrected chi connectivity index (χ1v) is 9.67. The molecule has 0 atom stereocenters. The maximum Gasteiger partial charge on any atom is 0.145 e. The van der Waals surface area contributed by atoms with Crippen LogP contribution in [0.3, 0.4) is 0 Å². The van der Waals surface area contributed by atoms with Gasteiger partial charge in [-0.2, -0.15) is 0 Å². The molecule has 0 unspecified atom stereocenters. The molecule has 0 spiro atoms. The molecule has 1 heterocycles. The van der Waals surface area contributed by atoms with Gasteiger partial charge in [-0.25, -0.2) is 4.98 Å². The predicted molar refractivity (Wildman–Crippen MR) is 119 cm³/mol. The highest BCUT2D eigenvalue weighted by Crippen LogP contribution is 2.33. The molecule has 0 aliphatic heterocycles. The van der Waals surface area contributed by atoms with Crippen molar-refractivity contribution in [2.45, 2.75) is 6.92 Å². The van der Waals surface area contributed by atoms with Crippen LogP contribution in [-0.4, -0.2) is 30.9 Å². The van der Waals surface area contributed by atoms with Crippen LogP contribution in [-0.2, 0) is 0 Å². The molecular formula is C25H24N2O3. The second kappa shape index (κ2) is 8.33. The summed E-state index contributed by atoms with van der Waals surface area (Å²) in [5.74, 6) is 3.32. The first-order chi connectivity index (χ1) is 14.6. The molecule has 5 heteroatoms. The van der Waals surface area contributed by atoms with Gasteiger partial charge in [-0.3, -0.25) is 4.57 Å². The van der Waals surface area contributed by atoms with Crippen molar-refractivity contribution in [2.75, 3.05) is 21.3 Å². The maximum atomic E-state index is 5.32. The lowest BCUT2D eigenvalue weighted by Crippen LogP contribution is -2.00. The third-order valence-electron chi connectivity index (χ3n) is 5.15. The fourth-order valence-corrected chi connectivity index (χ4v) is 3.50. The van der Waals surface area contributed by atoms with Gasteiger partial charge >= 0.3 is 0 Å². The van der Waals surface area contributed by atoms with Gasteiger partial charge in [-0.1, -0.05) is 0 Å². The minimum atomic E-state index is 0.813. The molecule has 30 heavy (non-hydrogen) atoms. The Hall–Kier alpha value is -3.73. The minimum absolute atomic E-state index is 0.813. The van der Waals surface area contributed by atoms with E-state index in [1.165, 1.54) is 0 Å². The van der Waals surface area contributed by atoms with E-state index in [1.807, 2.05) is 72.8 Å². The fraction of sp³-hybridized carbons (Fsp3) is 0.160. The number of aromatic nitrogens is 2. The molecule has 0 amide bonds. The zero-order chi connectivity index (χ0) is 21.1. The van der Waals surface area contributed by atoms with Gasteiger partial charge in [0.2, 0.25) is 0 Å². The van der Waals surface area contributed by atoms with Crippen LogP contribution in [0.2, 0.25) is 0 Å². The minimum Gasteiger partial charge on any atom is -0.497 e. The quantitative estimate of drug-likeness (QED) is 0.426. The zero-order valence-electron chi connectivity index (χ0n) is 17.5. The predicted octanol–water partition coefficient (Wildman–Crippen LogP) is 5.54. The molecule has 0 saturated heterocycles. The van der Waals surface area contributed by atoms with Gasteiger partial charge in [0.15, 0.2) is 0 Å². The lowest BCUT2D eigenvalue weighted by atomic mass is 10.1. The van der Waals surface area contributed by atoms with Crippen LogP contribution >= 0.6 is 0 Å². The summed E-state index contributed by atoms with van der Waals surface area (Å²) in [5.41, 5.74) is 5.05. The molecule has 4 aromatic rings. The summed E-state index contributed by atoms with van der Waals surface area (Å²) in [4.78, 5) is 5.03. The van der Waals surface area contributed by atoms with E-state index in [-0.39, 0.29) is 0 Å². The van der Waals surface area contributed by atoms with E-state index in [2.05, 4.69) is 11.5 Å². The average Bonchev–Trinajstić information content (AvgIpc) is 3.16. The second-order valence-electron chi connectivity index (χ2n) is 6.86. The number of methoxy groups -OCH3 is 3.